The number of hydrogen-bond donors (Lipinski definition) is 1. The van der Waals surface area contributed by atoms with Gasteiger partial charge in [0.15, 0.2) is 0 Å². The maximum absolute atomic E-state index is 13.3. The van der Waals surface area contributed by atoms with Crippen molar-refractivity contribution in [3.63, 3.8) is 0 Å². The van der Waals surface area contributed by atoms with Gasteiger partial charge >= 0.3 is 0 Å². The summed E-state index contributed by atoms with van der Waals surface area (Å²) in [6, 6.07) is 17.5. The van der Waals surface area contributed by atoms with Crippen LogP contribution in [0.15, 0.2) is 90.3 Å². The first-order valence-corrected chi connectivity index (χ1v) is 10.7. The molecule has 0 saturated heterocycles. The van der Waals surface area contributed by atoms with E-state index < -0.39 is 21.7 Å². The minimum atomic E-state index is -4.03. The number of sulfonamides is 1. The smallest absolute Gasteiger partial charge is 0.264 e. The zero-order valence-electron chi connectivity index (χ0n) is 15.8. The van der Waals surface area contributed by atoms with Gasteiger partial charge in [0.05, 0.1) is 22.2 Å². The average Bonchev–Trinajstić information content (AvgIpc) is 2.74. The number of para-hydroxylation sites is 1. The molecule has 0 aliphatic heterocycles. The predicted octanol–water partition coefficient (Wildman–Crippen LogP) is 5.11. The average molecular weight is 445 g/mol. The number of rotatable bonds is 7. The van der Waals surface area contributed by atoms with Gasteiger partial charge in [-0.3, -0.25) is 9.10 Å². The zero-order valence-corrected chi connectivity index (χ0v) is 17.3. The minimum absolute atomic E-state index is 0.00191. The third kappa shape index (κ3) is 4.69. The van der Waals surface area contributed by atoms with E-state index in [9.17, 15) is 17.6 Å². The van der Waals surface area contributed by atoms with E-state index in [2.05, 4.69) is 11.9 Å². The summed E-state index contributed by atoms with van der Waals surface area (Å²) in [4.78, 5) is 12.5. The molecule has 0 radical (unpaired) electrons. The Kier molecular flexibility index (Phi) is 6.54. The number of amides is 1. The first-order valence-electron chi connectivity index (χ1n) is 8.88. The molecular weight excluding hydrogens is 427 g/mol. The highest BCUT2D eigenvalue weighted by Crippen LogP contribution is 2.30. The molecule has 0 bridgehead atoms. The molecule has 0 fully saturated rings. The molecule has 8 heteroatoms. The highest BCUT2D eigenvalue weighted by atomic mass is 35.5. The topological polar surface area (TPSA) is 66.5 Å². The number of nitrogens with zero attached hydrogens (tertiary/aromatic N) is 1. The Morgan fingerprint density at radius 3 is 2.43 bits per heavy atom. The molecule has 3 rings (SSSR count). The summed E-state index contributed by atoms with van der Waals surface area (Å²) in [5.74, 6) is -0.949. The van der Waals surface area contributed by atoms with Gasteiger partial charge in [-0.2, -0.15) is 0 Å². The number of benzene rings is 3. The molecule has 154 valence electrons. The molecule has 0 saturated carbocycles. The van der Waals surface area contributed by atoms with E-state index in [1.54, 1.807) is 24.3 Å². The van der Waals surface area contributed by atoms with Crippen molar-refractivity contribution < 1.29 is 17.6 Å². The predicted molar refractivity (Wildman–Crippen MR) is 117 cm³/mol. The quantitative estimate of drug-likeness (QED) is 0.515. The van der Waals surface area contributed by atoms with Gasteiger partial charge in [-0.1, -0.05) is 35.9 Å². The second-order valence-corrected chi connectivity index (χ2v) is 8.53. The van der Waals surface area contributed by atoms with E-state index in [0.29, 0.717) is 11.4 Å². The molecule has 5 nitrogen and oxygen atoms in total. The Balaban J connectivity index is 1.94. The summed E-state index contributed by atoms with van der Waals surface area (Å²) in [6.45, 7) is 3.62. The van der Waals surface area contributed by atoms with Crippen LogP contribution >= 0.6 is 11.6 Å². The van der Waals surface area contributed by atoms with Crippen LogP contribution in [0.1, 0.15) is 10.4 Å². The van der Waals surface area contributed by atoms with Crippen LogP contribution in [-0.2, 0) is 10.0 Å². The Morgan fingerprint density at radius 2 is 1.77 bits per heavy atom. The van der Waals surface area contributed by atoms with Gasteiger partial charge in [0.1, 0.15) is 5.82 Å². The van der Waals surface area contributed by atoms with Crippen molar-refractivity contribution in [1.82, 2.24) is 0 Å². The van der Waals surface area contributed by atoms with Gasteiger partial charge in [0.25, 0.3) is 15.9 Å². The fraction of sp³-hybridized carbons (Fsp3) is 0.0455. The van der Waals surface area contributed by atoms with Crippen molar-refractivity contribution in [3.05, 3.63) is 102 Å². The van der Waals surface area contributed by atoms with Crippen LogP contribution in [0.5, 0.6) is 0 Å². The monoisotopic (exact) mass is 444 g/mol. The van der Waals surface area contributed by atoms with Gasteiger partial charge < -0.3 is 5.32 Å². The fourth-order valence-corrected chi connectivity index (χ4v) is 4.55. The number of hydrogen-bond acceptors (Lipinski definition) is 3. The minimum Gasteiger partial charge on any atom is -0.322 e. The Labute approximate surface area is 179 Å². The van der Waals surface area contributed by atoms with Gasteiger partial charge in [-0.25, -0.2) is 12.8 Å². The molecular formula is C22H18ClFN2O3S. The first-order chi connectivity index (χ1) is 14.3. The van der Waals surface area contributed by atoms with Crippen LogP contribution in [-0.4, -0.2) is 20.9 Å². The zero-order chi connectivity index (χ0) is 21.7. The van der Waals surface area contributed by atoms with Gasteiger partial charge in [0.2, 0.25) is 0 Å². The summed E-state index contributed by atoms with van der Waals surface area (Å²) in [5, 5.41) is 2.88. The molecule has 30 heavy (non-hydrogen) atoms. The number of halogens is 2. The second kappa shape index (κ2) is 9.11. The molecule has 0 aliphatic carbocycles. The number of nitrogens with one attached hydrogen (secondary N) is 1. The van der Waals surface area contributed by atoms with Crippen molar-refractivity contribution in [3.8, 4) is 0 Å². The maximum atomic E-state index is 13.3. The van der Waals surface area contributed by atoms with Crippen LogP contribution in [0.2, 0.25) is 5.02 Å². The highest BCUT2D eigenvalue weighted by molar-refractivity contribution is 7.92. The summed E-state index contributed by atoms with van der Waals surface area (Å²) in [7, 11) is -4.03. The summed E-state index contributed by atoms with van der Waals surface area (Å²) in [5.41, 5.74) is 0.831. The lowest BCUT2D eigenvalue weighted by Gasteiger charge is -2.24. The van der Waals surface area contributed by atoms with Crippen LogP contribution < -0.4 is 9.62 Å². The van der Waals surface area contributed by atoms with Crippen molar-refractivity contribution in [2.75, 3.05) is 16.2 Å². The molecule has 0 aromatic heterocycles. The van der Waals surface area contributed by atoms with Crippen molar-refractivity contribution >= 4 is 38.9 Å². The molecule has 1 N–H and O–H groups in total. The Hall–Kier alpha value is -3.16. The molecule has 1 amide bonds. The molecule has 3 aromatic rings. The number of anilines is 2. The lowest BCUT2D eigenvalue weighted by atomic mass is 10.2. The van der Waals surface area contributed by atoms with Gasteiger partial charge in [-0.15, -0.1) is 6.58 Å². The van der Waals surface area contributed by atoms with Crippen LogP contribution in [0, 0.1) is 5.82 Å². The van der Waals surface area contributed by atoms with E-state index in [0.717, 1.165) is 4.31 Å². The summed E-state index contributed by atoms with van der Waals surface area (Å²) in [6.07, 6.45) is 1.45. The van der Waals surface area contributed by atoms with E-state index in [-0.39, 0.29) is 22.0 Å². The lowest BCUT2D eigenvalue weighted by Crippen LogP contribution is -2.31. The molecule has 0 heterocycles. The van der Waals surface area contributed by atoms with E-state index in [1.165, 1.54) is 54.6 Å². The van der Waals surface area contributed by atoms with Gasteiger partial charge in [-0.05, 0) is 54.6 Å². The Morgan fingerprint density at radius 1 is 1.07 bits per heavy atom. The van der Waals surface area contributed by atoms with Crippen molar-refractivity contribution in [2.45, 2.75) is 4.90 Å². The molecule has 0 atom stereocenters. The molecule has 3 aromatic carbocycles. The van der Waals surface area contributed by atoms with E-state index in [1.807, 2.05) is 0 Å². The van der Waals surface area contributed by atoms with Crippen LogP contribution in [0.25, 0.3) is 0 Å². The normalized spacial score (nSPS) is 11.0. The highest BCUT2D eigenvalue weighted by Gasteiger charge is 2.26. The second-order valence-electron chi connectivity index (χ2n) is 6.27. The maximum Gasteiger partial charge on any atom is 0.264 e. The van der Waals surface area contributed by atoms with Crippen LogP contribution in [0.3, 0.4) is 0 Å². The van der Waals surface area contributed by atoms with E-state index >= 15 is 0 Å². The lowest BCUT2D eigenvalue weighted by molar-refractivity contribution is 0.102. The van der Waals surface area contributed by atoms with Crippen molar-refractivity contribution in [1.29, 1.82) is 0 Å². The molecule has 0 aliphatic rings. The van der Waals surface area contributed by atoms with Crippen LogP contribution in [0.4, 0.5) is 15.8 Å². The SMILES string of the molecule is C=CCN(c1ccccc1Cl)S(=O)(=O)c1cccc(C(=O)Nc2ccc(F)cc2)c1. The number of carbonyl (C=O) groups is 1. The first kappa shape index (κ1) is 21.5. The Bertz CT molecular complexity index is 1180. The molecule has 0 unspecified atom stereocenters. The largest absolute Gasteiger partial charge is 0.322 e. The third-order valence-electron chi connectivity index (χ3n) is 4.20. The summed E-state index contributed by atoms with van der Waals surface area (Å²) < 4.78 is 40.7. The van der Waals surface area contributed by atoms with Crippen molar-refractivity contribution in [2.24, 2.45) is 0 Å². The van der Waals surface area contributed by atoms with E-state index in [4.69, 9.17) is 11.6 Å². The molecule has 0 spiro atoms. The standard InChI is InChI=1S/C22H18ClFN2O3S/c1-2-14-26(21-9-4-3-8-20(21)23)30(28,29)19-7-5-6-16(15-19)22(27)25-18-12-10-17(24)11-13-18/h2-13,15H,1,14H2,(H,25,27). The third-order valence-corrected chi connectivity index (χ3v) is 6.30. The summed E-state index contributed by atoms with van der Waals surface area (Å²) >= 11 is 6.20. The number of carbonyl (C=O) groups excluding carboxylic acids is 1. The van der Waals surface area contributed by atoms with Gasteiger partial charge in [0, 0.05) is 11.3 Å². The fourth-order valence-electron chi connectivity index (χ4n) is 2.76.